The van der Waals surface area contributed by atoms with E-state index in [9.17, 15) is 9.18 Å². The number of benzene rings is 1. The van der Waals surface area contributed by atoms with Crippen LogP contribution in [0.3, 0.4) is 0 Å². The SMILES string of the molecule is O=CN1CCN(c2ccnc(N3CCN(c4ccccc4F)CC3)n2)CC1. The third kappa shape index (κ3) is 3.79. The molecule has 2 aromatic rings. The van der Waals surface area contributed by atoms with Crippen molar-refractivity contribution < 1.29 is 9.18 Å². The fraction of sp³-hybridized carbons (Fsp3) is 0.421. The first-order valence-electron chi connectivity index (χ1n) is 9.26. The number of para-hydroxylation sites is 1. The molecule has 0 saturated carbocycles. The first-order valence-corrected chi connectivity index (χ1v) is 9.26. The molecule has 4 rings (SSSR count). The predicted octanol–water partition coefficient (Wildman–Crippen LogP) is 1.22. The number of amides is 1. The van der Waals surface area contributed by atoms with E-state index in [1.54, 1.807) is 17.2 Å². The van der Waals surface area contributed by atoms with Gasteiger partial charge in [0.15, 0.2) is 0 Å². The molecule has 3 heterocycles. The van der Waals surface area contributed by atoms with E-state index in [1.165, 1.54) is 6.07 Å². The third-order valence-corrected chi connectivity index (χ3v) is 5.17. The highest BCUT2D eigenvalue weighted by Crippen LogP contribution is 2.22. The lowest BCUT2D eigenvalue weighted by Crippen LogP contribution is -2.48. The van der Waals surface area contributed by atoms with Crippen LogP contribution in [-0.4, -0.2) is 73.6 Å². The Bertz CT molecular complexity index is 787. The molecule has 27 heavy (non-hydrogen) atoms. The van der Waals surface area contributed by atoms with E-state index in [-0.39, 0.29) is 5.82 Å². The molecule has 0 spiro atoms. The van der Waals surface area contributed by atoms with Crippen molar-refractivity contribution in [3.8, 4) is 0 Å². The van der Waals surface area contributed by atoms with Crippen molar-refractivity contribution in [3.05, 3.63) is 42.3 Å². The topological polar surface area (TPSA) is 55.8 Å². The van der Waals surface area contributed by atoms with Gasteiger partial charge in [-0.2, -0.15) is 4.98 Å². The highest BCUT2D eigenvalue weighted by atomic mass is 19.1. The van der Waals surface area contributed by atoms with E-state index in [0.717, 1.165) is 51.5 Å². The molecule has 0 aliphatic carbocycles. The van der Waals surface area contributed by atoms with Crippen molar-refractivity contribution in [1.82, 2.24) is 14.9 Å². The zero-order chi connectivity index (χ0) is 18.6. The Hall–Kier alpha value is -2.90. The molecule has 142 valence electrons. The van der Waals surface area contributed by atoms with Gasteiger partial charge >= 0.3 is 0 Å². The molecule has 0 atom stereocenters. The lowest BCUT2D eigenvalue weighted by Gasteiger charge is -2.37. The van der Waals surface area contributed by atoms with Gasteiger partial charge in [0.1, 0.15) is 11.6 Å². The standard InChI is InChI=1S/C19H23FN6O/c20-16-3-1-2-4-17(16)24-11-13-26(14-12-24)19-21-6-5-18(22-19)25-9-7-23(15-27)8-10-25/h1-6,15H,7-14H2. The van der Waals surface area contributed by atoms with Crippen molar-refractivity contribution in [2.75, 3.05) is 67.1 Å². The minimum absolute atomic E-state index is 0.182. The van der Waals surface area contributed by atoms with Gasteiger partial charge in [0.25, 0.3) is 0 Å². The van der Waals surface area contributed by atoms with Crippen LogP contribution in [-0.2, 0) is 4.79 Å². The quantitative estimate of drug-likeness (QED) is 0.755. The Morgan fingerprint density at radius 1 is 0.852 bits per heavy atom. The van der Waals surface area contributed by atoms with Crippen LogP contribution in [0.4, 0.5) is 21.8 Å². The molecule has 0 N–H and O–H groups in total. The summed E-state index contributed by atoms with van der Waals surface area (Å²) in [7, 11) is 0. The van der Waals surface area contributed by atoms with Gasteiger partial charge in [0.05, 0.1) is 5.69 Å². The summed E-state index contributed by atoms with van der Waals surface area (Å²) in [6.45, 7) is 5.92. The molecule has 2 aliphatic heterocycles. The Kier molecular flexibility index (Phi) is 5.04. The van der Waals surface area contributed by atoms with E-state index in [2.05, 4.69) is 19.7 Å². The molecule has 2 fully saturated rings. The molecule has 2 saturated heterocycles. The van der Waals surface area contributed by atoms with Gasteiger partial charge in [0, 0.05) is 58.6 Å². The summed E-state index contributed by atoms with van der Waals surface area (Å²) in [5, 5.41) is 0. The number of hydrogen-bond donors (Lipinski definition) is 0. The van der Waals surface area contributed by atoms with Crippen LogP contribution in [0.2, 0.25) is 0 Å². The van der Waals surface area contributed by atoms with Gasteiger partial charge < -0.3 is 19.6 Å². The Morgan fingerprint density at radius 2 is 1.52 bits per heavy atom. The highest BCUT2D eigenvalue weighted by molar-refractivity contribution is 5.51. The van der Waals surface area contributed by atoms with Crippen molar-refractivity contribution in [3.63, 3.8) is 0 Å². The summed E-state index contributed by atoms with van der Waals surface area (Å²) in [4.78, 5) is 28.2. The van der Waals surface area contributed by atoms with E-state index in [0.29, 0.717) is 24.7 Å². The molecule has 1 amide bonds. The number of rotatable bonds is 4. The largest absolute Gasteiger partial charge is 0.366 e. The van der Waals surface area contributed by atoms with Crippen LogP contribution >= 0.6 is 0 Å². The van der Waals surface area contributed by atoms with Crippen molar-refractivity contribution >= 4 is 23.9 Å². The molecule has 2 aliphatic rings. The number of hydrogen-bond acceptors (Lipinski definition) is 6. The summed E-state index contributed by atoms with van der Waals surface area (Å²) in [6, 6.07) is 8.81. The third-order valence-electron chi connectivity index (χ3n) is 5.17. The van der Waals surface area contributed by atoms with Crippen LogP contribution in [0.15, 0.2) is 36.5 Å². The smallest absolute Gasteiger partial charge is 0.227 e. The maximum Gasteiger partial charge on any atom is 0.227 e. The molecular weight excluding hydrogens is 347 g/mol. The minimum atomic E-state index is -0.182. The van der Waals surface area contributed by atoms with Crippen molar-refractivity contribution in [1.29, 1.82) is 0 Å². The predicted molar refractivity (Wildman–Crippen MR) is 103 cm³/mol. The van der Waals surface area contributed by atoms with Crippen LogP contribution < -0.4 is 14.7 Å². The minimum Gasteiger partial charge on any atom is -0.366 e. The van der Waals surface area contributed by atoms with E-state index in [4.69, 9.17) is 4.98 Å². The van der Waals surface area contributed by atoms with E-state index >= 15 is 0 Å². The zero-order valence-electron chi connectivity index (χ0n) is 15.2. The molecule has 0 radical (unpaired) electrons. The number of carbonyl (C=O) groups excluding carboxylic acids is 1. The fourth-order valence-corrected chi connectivity index (χ4v) is 3.58. The number of nitrogens with zero attached hydrogens (tertiary/aromatic N) is 6. The Balaban J connectivity index is 1.40. The van der Waals surface area contributed by atoms with Gasteiger partial charge in [-0.1, -0.05) is 12.1 Å². The average Bonchev–Trinajstić information content (AvgIpc) is 2.74. The fourth-order valence-electron chi connectivity index (χ4n) is 3.58. The van der Waals surface area contributed by atoms with Crippen LogP contribution in [0, 0.1) is 5.82 Å². The van der Waals surface area contributed by atoms with Gasteiger partial charge in [-0.25, -0.2) is 9.37 Å². The molecule has 0 bridgehead atoms. The monoisotopic (exact) mass is 370 g/mol. The first kappa shape index (κ1) is 17.5. The lowest BCUT2D eigenvalue weighted by molar-refractivity contribution is -0.118. The molecule has 1 aromatic carbocycles. The maximum absolute atomic E-state index is 14.0. The maximum atomic E-state index is 14.0. The number of anilines is 3. The summed E-state index contributed by atoms with van der Waals surface area (Å²) < 4.78 is 14.0. The van der Waals surface area contributed by atoms with Gasteiger partial charge in [-0.3, -0.25) is 4.79 Å². The second-order valence-corrected chi connectivity index (χ2v) is 6.77. The number of halogens is 1. The zero-order valence-corrected chi connectivity index (χ0v) is 15.2. The average molecular weight is 370 g/mol. The molecule has 1 aromatic heterocycles. The van der Waals surface area contributed by atoms with Crippen LogP contribution in [0.25, 0.3) is 0 Å². The van der Waals surface area contributed by atoms with Crippen LogP contribution in [0.5, 0.6) is 0 Å². The number of carbonyl (C=O) groups is 1. The van der Waals surface area contributed by atoms with E-state index < -0.39 is 0 Å². The highest BCUT2D eigenvalue weighted by Gasteiger charge is 2.22. The number of piperazine rings is 2. The van der Waals surface area contributed by atoms with Gasteiger partial charge in [-0.15, -0.1) is 0 Å². The molecule has 8 heteroatoms. The molecule has 7 nitrogen and oxygen atoms in total. The summed E-state index contributed by atoms with van der Waals surface area (Å²) >= 11 is 0. The Morgan fingerprint density at radius 3 is 2.22 bits per heavy atom. The summed E-state index contributed by atoms with van der Waals surface area (Å²) in [6.07, 6.45) is 2.69. The summed E-state index contributed by atoms with van der Waals surface area (Å²) in [5.74, 6) is 1.42. The van der Waals surface area contributed by atoms with Gasteiger partial charge in [0.2, 0.25) is 12.4 Å². The molecular formula is C19H23FN6O. The van der Waals surface area contributed by atoms with Crippen molar-refractivity contribution in [2.45, 2.75) is 0 Å². The van der Waals surface area contributed by atoms with Crippen molar-refractivity contribution in [2.24, 2.45) is 0 Å². The second kappa shape index (κ2) is 7.77. The second-order valence-electron chi connectivity index (χ2n) is 6.77. The first-order chi connectivity index (χ1) is 13.2. The lowest BCUT2D eigenvalue weighted by atomic mass is 10.2. The summed E-state index contributed by atoms with van der Waals surface area (Å²) in [5.41, 5.74) is 0.653. The normalized spacial score (nSPS) is 18.0. The van der Waals surface area contributed by atoms with Crippen LogP contribution in [0.1, 0.15) is 0 Å². The van der Waals surface area contributed by atoms with E-state index in [1.807, 2.05) is 18.2 Å². The molecule has 0 unspecified atom stereocenters. The van der Waals surface area contributed by atoms with Gasteiger partial charge in [-0.05, 0) is 18.2 Å². The number of aromatic nitrogens is 2. The Labute approximate surface area is 158 Å².